The Morgan fingerprint density at radius 2 is 1.79 bits per heavy atom. The van der Waals surface area contributed by atoms with E-state index in [0.29, 0.717) is 44.6 Å². The van der Waals surface area contributed by atoms with Crippen molar-refractivity contribution < 1.29 is 9.47 Å². The summed E-state index contributed by atoms with van der Waals surface area (Å²) >= 11 is 12.0. The van der Waals surface area contributed by atoms with Crippen LogP contribution in [-0.2, 0) is 6.61 Å². The lowest BCUT2D eigenvalue weighted by Gasteiger charge is -2.13. The van der Waals surface area contributed by atoms with Gasteiger partial charge in [-0.2, -0.15) is 5.10 Å². The summed E-state index contributed by atoms with van der Waals surface area (Å²) in [6.07, 6.45) is 1.41. The molecular formula is C24H19Cl2N3O4. The third kappa shape index (κ3) is 5.10. The third-order valence-corrected chi connectivity index (χ3v) is 5.49. The van der Waals surface area contributed by atoms with Crippen molar-refractivity contribution in [2.45, 2.75) is 13.5 Å². The molecule has 0 atom stereocenters. The molecule has 0 radical (unpaired) electrons. The monoisotopic (exact) mass is 483 g/mol. The Kier molecular flexibility index (Phi) is 6.82. The van der Waals surface area contributed by atoms with Crippen LogP contribution in [0.5, 0.6) is 11.5 Å². The van der Waals surface area contributed by atoms with Crippen LogP contribution in [0.3, 0.4) is 0 Å². The van der Waals surface area contributed by atoms with Crippen molar-refractivity contribution in [3.63, 3.8) is 0 Å². The van der Waals surface area contributed by atoms with Crippen LogP contribution < -0.4 is 20.7 Å². The Morgan fingerprint density at radius 1 is 0.970 bits per heavy atom. The Labute approximate surface area is 198 Å². The summed E-state index contributed by atoms with van der Waals surface area (Å²) in [6, 6.07) is 17.2. The van der Waals surface area contributed by atoms with Crippen molar-refractivity contribution in [1.29, 1.82) is 0 Å². The molecule has 0 fully saturated rings. The molecule has 1 heterocycles. The van der Waals surface area contributed by atoms with Crippen molar-refractivity contribution in [1.82, 2.24) is 9.66 Å². The summed E-state index contributed by atoms with van der Waals surface area (Å²) in [4.78, 5) is 27.6. The molecule has 9 heteroatoms. The molecule has 0 unspecified atom stereocenters. The molecule has 168 valence electrons. The number of rotatable bonds is 7. The maximum atomic E-state index is 12.6. The zero-order valence-corrected chi connectivity index (χ0v) is 19.1. The van der Waals surface area contributed by atoms with Crippen LogP contribution in [0, 0.1) is 0 Å². The third-order valence-electron chi connectivity index (χ3n) is 4.75. The number of ether oxygens (including phenoxy) is 2. The van der Waals surface area contributed by atoms with Gasteiger partial charge >= 0.3 is 5.69 Å². The highest BCUT2D eigenvalue weighted by Crippen LogP contribution is 2.30. The number of aromatic nitrogens is 2. The number of fused-ring (bicyclic) bond motifs is 1. The Balaban J connectivity index is 1.59. The van der Waals surface area contributed by atoms with E-state index in [1.54, 1.807) is 54.6 Å². The molecule has 1 aromatic heterocycles. The van der Waals surface area contributed by atoms with E-state index in [-0.39, 0.29) is 6.61 Å². The van der Waals surface area contributed by atoms with E-state index < -0.39 is 11.2 Å². The van der Waals surface area contributed by atoms with Gasteiger partial charge < -0.3 is 14.5 Å². The predicted molar refractivity (Wildman–Crippen MR) is 130 cm³/mol. The fourth-order valence-corrected chi connectivity index (χ4v) is 3.49. The standard InChI is InChI=1S/C24H19Cl2N3O4/c1-2-32-22-12-15(8-10-21(22)33-14-16-7-9-18(25)19(26)11-16)13-27-29-23(30)17-5-3-4-6-20(17)28-24(29)31/h3-13H,2,14H2,1H3,(H,28,31). The number of aromatic amines is 1. The first-order valence-electron chi connectivity index (χ1n) is 10.1. The van der Waals surface area contributed by atoms with Crippen LogP contribution in [0.25, 0.3) is 10.9 Å². The van der Waals surface area contributed by atoms with Crippen LogP contribution in [0.1, 0.15) is 18.1 Å². The van der Waals surface area contributed by atoms with Crippen LogP contribution in [0.2, 0.25) is 10.0 Å². The highest BCUT2D eigenvalue weighted by Gasteiger charge is 2.09. The van der Waals surface area contributed by atoms with Gasteiger partial charge in [0, 0.05) is 0 Å². The molecule has 0 amide bonds. The van der Waals surface area contributed by atoms with Gasteiger partial charge in [-0.05, 0) is 60.5 Å². The van der Waals surface area contributed by atoms with Gasteiger partial charge in [-0.1, -0.05) is 41.4 Å². The molecule has 4 rings (SSSR count). The van der Waals surface area contributed by atoms with Crippen molar-refractivity contribution in [3.8, 4) is 11.5 Å². The minimum Gasteiger partial charge on any atom is -0.490 e. The molecule has 0 aliphatic rings. The summed E-state index contributed by atoms with van der Waals surface area (Å²) in [5, 5.41) is 5.38. The van der Waals surface area contributed by atoms with E-state index in [1.165, 1.54) is 6.21 Å². The van der Waals surface area contributed by atoms with E-state index in [4.69, 9.17) is 32.7 Å². The Bertz CT molecular complexity index is 1460. The summed E-state index contributed by atoms with van der Waals surface area (Å²) in [5.41, 5.74) is 0.812. The van der Waals surface area contributed by atoms with E-state index in [9.17, 15) is 9.59 Å². The molecule has 0 bridgehead atoms. The highest BCUT2D eigenvalue weighted by atomic mass is 35.5. The fourth-order valence-electron chi connectivity index (χ4n) is 3.17. The summed E-state index contributed by atoms with van der Waals surface area (Å²) in [7, 11) is 0. The number of benzene rings is 3. The molecule has 33 heavy (non-hydrogen) atoms. The molecule has 1 N–H and O–H groups in total. The smallest absolute Gasteiger partial charge is 0.349 e. The molecule has 0 aliphatic heterocycles. The number of nitrogens with zero attached hydrogens (tertiary/aromatic N) is 2. The van der Waals surface area contributed by atoms with Crippen molar-refractivity contribution in [2.24, 2.45) is 5.10 Å². The highest BCUT2D eigenvalue weighted by molar-refractivity contribution is 6.42. The second-order valence-electron chi connectivity index (χ2n) is 7.01. The van der Waals surface area contributed by atoms with E-state index >= 15 is 0 Å². The zero-order valence-electron chi connectivity index (χ0n) is 17.5. The first-order valence-corrected chi connectivity index (χ1v) is 10.8. The maximum Gasteiger partial charge on any atom is 0.349 e. The predicted octanol–water partition coefficient (Wildman–Crippen LogP) is 4.86. The number of halogens is 2. The van der Waals surface area contributed by atoms with Crippen LogP contribution in [-0.4, -0.2) is 22.5 Å². The van der Waals surface area contributed by atoms with Crippen LogP contribution in [0.15, 0.2) is 75.4 Å². The van der Waals surface area contributed by atoms with Gasteiger partial charge in [0.05, 0.1) is 33.8 Å². The number of H-pyrrole nitrogens is 1. The lowest BCUT2D eigenvalue weighted by molar-refractivity contribution is 0.269. The fraction of sp³-hybridized carbons (Fsp3) is 0.125. The normalized spacial score (nSPS) is 11.2. The summed E-state index contributed by atoms with van der Waals surface area (Å²) in [6.45, 7) is 2.55. The Morgan fingerprint density at radius 3 is 2.58 bits per heavy atom. The average Bonchev–Trinajstić information content (AvgIpc) is 2.81. The number of hydrogen-bond donors (Lipinski definition) is 1. The van der Waals surface area contributed by atoms with Crippen molar-refractivity contribution in [3.05, 3.63) is 103 Å². The minimum absolute atomic E-state index is 0.270. The van der Waals surface area contributed by atoms with Gasteiger partial charge in [0.15, 0.2) is 11.5 Å². The molecule has 4 aromatic rings. The molecule has 7 nitrogen and oxygen atoms in total. The minimum atomic E-state index is -0.624. The first-order chi connectivity index (χ1) is 16.0. The molecular weight excluding hydrogens is 465 g/mol. The number of para-hydroxylation sites is 1. The second kappa shape index (κ2) is 9.94. The number of nitrogens with one attached hydrogen (secondary N) is 1. The van der Waals surface area contributed by atoms with Crippen LogP contribution in [0.4, 0.5) is 0 Å². The van der Waals surface area contributed by atoms with E-state index in [0.717, 1.165) is 10.2 Å². The van der Waals surface area contributed by atoms with Gasteiger partial charge in [-0.15, -0.1) is 4.68 Å². The molecule has 0 saturated heterocycles. The largest absolute Gasteiger partial charge is 0.490 e. The van der Waals surface area contributed by atoms with Gasteiger partial charge in [0.25, 0.3) is 5.56 Å². The van der Waals surface area contributed by atoms with Gasteiger partial charge in [-0.25, -0.2) is 4.79 Å². The zero-order chi connectivity index (χ0) is 23.4. The molecule has 0 spiro atoms. The first kappa shape index (κ1) is 22.6. The summed E-state index contributed by atoms with van der Waals surface area (Å²) < 4.78 is 12.4. The van der Waals surface area contributed by atoms with Gasteiger partial charge in [0.2, 0.25) is 0 Å². The average molecular weight is 484 g/mol. The number of hydrogen-bond acceptors (Lipinski definition) is 5. The summed E-state index contributed by atoms with van der Waals surface area (Å²) in [5.74, 6) is 1.03. The lowest BCUT2D eigenvalue weighted by atomic mass is 10.2. The molecule has 3 aromatic carbocycles. The van der Waals surface area contributed by atoms with Gasteiger partial charge in [0.1, 0.15) is 6.61 Å². The maximum absolute atomic E-state index is 12.6. The second-order valence-corrected chi connectivity index (χ2v) is 7.83. The SMILES string of the molecule is CCOc1cc(C=Nn2c(=O)[nH]c3ccccc3c2=O)ccc1OCc1ccc(Cl)c(Cl)c1. The van der Waals surface area contributed by atoms with E-state index in [2.05, 4.69) is 10.1 Å². The van der Waals surface area contributed by atoms with Crippen molar-refractivity contribution in [2.75, 3.05) is 6.61 Å². The van der Waals surface area contributed by atoms with Gasteiger partial charge in [-0.3, -0.25) is 4.79 Å². The quantitative estimate of drug-likeness (QED) is 0.380. The van der Waals surface area contributed by atoms with Crippen LogP contribution >= 0.6 is 23.2 Å². The molecule has 0 aliphatic carbocycles. The van der Waals surface area contributed by atoms with E-state index in [1.807, 2.05) is 13.0 Å². The lowest BCUT2D eigenvalue weighted by Crippen LogP contribution is -2.32. The topological polar surface area (TPSA) is 85.7 Å². The van der Waals surface area contributed by atoms with Crippen molar-refractivity contribution >= 4 is 40.3 Å². The Hall–Kier alpha value is -3.55. The molecule has 0 saturated carbocycles.